The van der Waals surface area contributed by atoms with Crippen LogP contribution < -0.4 is 5.73 Å². The first kappa shape index (κ1) is 13.0. The second kappa shape index (κ2) is 6.51. The van der Waals surface area contributed by atoms with Crippen LogP contribution in [0, 0.1) is 0 Å². The molecule has 0 aliphatic rings. The fraction of sp³-hybridized carbons (Fsp3) is 0.667. The molecule has 1 unspecified atom stereocenters. The Morgan fingerprint density at radius 2 is 2.31 bits per heavy atom. The lowest BCUT2D eigenvalue weighted by atomic mass is 10.2. The number of halogens is 2. The highest BCUT2D eigenvalue weighted by Gasteiger charge is 2.10. The highest BCUT2D eigenvalue weighted by atomic mass is 19.3. The Morgan fingerprint density at radius 3 is 2.94 bits per heavy atom. The van der Waals surface area contributed by atoms with Crippen molar-refractivity contribution in [1.82, 2.24) is 9.55 Å². The SMILES string of the molecule is NC(CO)c1cncn1CCOCC(F)F. The van der Waals surface area contributed by atoms with Gasteiger partial charge in [0.2, 0.25) is 0 Å². The molecule has 0 fully saturated rings. The normalized spacial score (nSPS) is 13.3. The molecule has 0 bridgehead atoms. The summed E-state index contributed by atoms with van der Waals surface area (Å²) in [5.74, 6) is 0. The second-order valence-electron chi connectivity index (χ2n) is 3.27. The summed E-state index contributed by atoms with van der Waals surface area (Å²) in [6.07, 6.45) is 0.604. The van der Waals surface area contributed by atoms with Gasteiger partial charge in [0.25, 0.3) is 6.43 Å². The molecule has 0 aromatic carbocycles. The zero-order valence-corrected chi connectivity index (χ0v) is 8.72. The number of aromatic nitrogens is 2. The number of rotatable bonds is 7. The van der Waals surface area contributed by atoms with Crippen LogP contribution in [0.4, 0.5) is 8.78 Å². The van der Waals surface area contributed by atoms with E-state index < -0.39 is 19.1 Å². The summed E-state index contributed by atoms with van der Waals surface area (Å²) in [5, 5.41) is 8.88. The molecule has 0 amide bonds. The van der Waals surface area contributed by atoms with Crippen LogP contribution in [0.3, 0.4) is 0 Å². The van der Waals surface area contributed by atoms with Gasteiger partial charge in [-0.1, -0.05) is 0 Å². The lowest BCUT2D eigenvalue weighted by molar-refractivity contribution is 0.0145. The molecule has 1 heterocycles. The first-order chi connectivity index (χ1) is 7.65. The average molecular weight is 235 g/mol. The highest BCUT2D eigenvalue weighted by molar-refractivity contribution is 5.04. The first-order valence-corrected chi connectivity index (χ1v) is 4.87. The van der Waals surface area contributed by atoms with Gasteiger partial charge in [0, 0.05) is 12.7 Å². The Morgan fingerprint density at radius 1 is 1.56 bits per heavy atom. The molecule has 3 N–H and O–H groups in total. The van der Waals surface area contributed by atoms with E-state index in [2.05, 4.69) is 4.98 Å². The van der Waals surface area contributed by atoms with Crippen molar-refractivity contribution < 1.29 is 18.6 Å². The average Bonchev–Trinajstić information content (AvgIpc) is 2.71. The summed E-state index contributed by atoms with van der Waals surface area (Å²) in [4.78, 5) is 3.87. The van der Waals surface area contributed by atoms with Gasteiger partial charge in [-0.25, -0.2) is 13.8 Å². The minimum absolute atomic E-state index is 0.159. The molecule has 1 aromatic heterocycles. The molecule has 5 nitrogen and oxygen atoms in total. The van der Waals surface area contributed by atoms with Gasteiger partial charge in [-0.15, -0.1) is 0 Å². The number of nitrogens with zero attached hydrogens (tertiary/aromatic N) is 2. The molecule has 1 atom stereocenters. The summed E-state index contributed by atoms with van der Waals surface area (Å²) in [7, 11) is 0. The van der Waals surface area contributed by atoms with Crippen molar-refractivity contribution >= 4 is 0 Å². The third-order valence-corrected chi connectivity index (χ3v) is 2.04. The Kier molecular flexibility index (Phi) is 5.30. The molecule has 0 saturated carbocycles. The lowest BCUT2D eigenvalue weighted by Gasteiger charge is -2.12. The van der Waals surface area contributed by atoms with E-state index in [9.17, 15) is 8.78 Å². The van der Waals surface area contributed by atoms with Gasteiger partial charge in [0.15, 0.2) is 0 Å². The van der Waals surface area contributed by atoms with E-state index in [1.807, 2.05) is 0 Å². The van der Waals surface area contributed by atoms with E-state index in [1.54, 1.807) is 4.57 Å². The van der Waals surface area contributed by atoms with Crippen LogP contribution in [0.25, 0.3) is 0 Å². The minimum Gasteiger partial charge on any atom is -0.394 e. The molecule has 1 aromatic rings. The Bertz CT molecular complexity index is 307. The number of aliphatic hydroxyl groups is 1. The summed E-state index contributed by atoms with van der Waals surface area (Å²) < 4.78 is 29.9. The van der Waals surface area contributed by atoms with Crippen LogP contribution >= 0.6 is 0 Å². The fourth-order valence-electron chi connectivity index (χ4n) is 1.26. The summed E-state index contributed by atoms with van der Waals surface area (Å²) in [6, 6.07) is -0.516. The van der Waals surface area contributed by atoms with Gasteiger partial charge in [0.05, 0.1) is 31.3 Å². The number of imidazole rings is 1. The smallest absolute Gasteiger partial charge is 0.261 e. The maximum atomic E-state index is 11.8. The maximum Gasteiger partial charge on any atom is 0.261 e. The summed E-state index contributed by atoms with van der Waals surface area (Å²) >= 11 is 0. The van der Waals surface area contributed by atoms with Crippen molar-refractivity contribution in [3.05, 3.63) is 18.2 Å². The first-order valence-electron chi connectivity index (χ1n) is 4.87. The number of aliphatic hydroxyl groups excluding tert-OH is 1. The molecule has 1 rings (SSSR count). The molecule has 0 saturated heterocycles. The van der Waals surface area contributed by atoms with Gasteiger partial charge < -0.3 is 20.1 Å². The number of hydrogen-bond donors (Lipinski definition) is 2. The minimum atomic E-state index is -2.46. The molecule has 0 aliphatic carbocycles. The van der Waals surface area contributed by atoms with Crippen LogP contribution in [0.2, 0.25) is 0 Å². The van der Waals surface area contributed by atoms with Crippen molar-refractivity contribution in [2.45, 2.75) is 19.0 Å². The van der Waals surface area contributed by atoms with Gasteiger partial charge in [0.1, 0.15) is 6.61 Å². The van der Waals surface area contributed by atoms with Gasteiger partial charge in [-0.05, 0) is 0 Å². The Labute approximate surface area is 91.8 Å². The van der Waals surface area contributed by atoms with Gasteiger partial charge >= 0.3 is 0 Å². The van der Waals surface area contributed by atoms with E-state index in [4.69, 9.17) is 15.6 Å². The lowest BCUT2D eigenvalue weighted by Crippen LogP contribution is -2.20. The summed E-state index contributed by atoms with van der Waals surface area (Å²) in [5.41, 5.74) is 6.28. The van der Waals surface area contributed by atoms with Crippen LogP contribution in [-0.2, 0) is 11.3 Å². The summed E-state index contributed by atoms with van der Waals surface area (Å²) in [6.45, 7) is -0.221. The van der Waals surface area contributed by atoms with Crippen molar-refractivity contribution in [3.63, 3.8) is 0 Å². The zero-order valence-electron chi connectivity index (χ0n) is 8.72. The molecule has 92 valence electrons. The van der Waals surface area contributed by atoms with Crippen LogP contribution in [0.15, 0.2) is 12.5 Å². The van der Waals surface area contributed by atoms with E-state index in [0.29, 0.717) is 12.2 Å². The third-order valence-electron chi connectivity index (χ3n) is 2.04. The monoisotopic (exact) mass is 235 g/mol. The molecule has 0 spiro atoms. The molecule has 0 aliphatic heterocycles. The zero-order chi connectivity index (χ0) is 12.0. The number of ether oxygens (including phenoxy) is 1. The predicted molar refractivity (Wildman–Crippen MR) is 53.1 cm³/mol. The van der Waals surface area contributed by atoms with Crippen LogP contribution in [-0.4, -0.2) is 40.9 Å². The van der Waals surface area contributed by atoms with Crippen molar-refractivity contribution in [2.75, 3.05) is 19.8 Å². The molecular weight excluding hydrogens is 220 g/mol. The topological polar surface area (TPSA) is 73.3 Å². The molecular formula is C9H15F2N3O2. The second-order valence-corrected chi connectivity index (χ2v) is 3.27. The number of hydrogen-bond acceptors (Lipinski definition) is 4. The van der Waals surface area contributed by atoms with E-state index >= 15 is 0 Å². The van der Waals surface area contributed by atoms with Gasteiger partial charge in [-0.3, -0.25) is 0 Å². The van der Waals surface area contributed by atoms with Crippen molar-refractivity contribution in [2.24, 2.45) is 5.73 Å². The molecule has 16 heavy (non-hydrogen) atoms. The maximum absolute atomic E-state index is 11.8. The van der Waals surface area contributed by atoms with E-state index in [0.717, 1.165) is 0 Å². The molecule has 0 radical (unpaired) electrons. The fourth-order valence-corrected chi connectivity index (χ4v) is 1.26. The van der Waals surface area contributed by atoms with Crippen LogP contribution in [0.5, 0.6) is 0 Å². The Balaban J connectivity index is 2.39. The Hall–Kier alpha value is -1.05. The van der Waals surface area contributed by atoms with E-state index in [-0.39, 0.29) is 13.2 Å². The number of alkyl halides is 2. The number of nitrogens with two attached hydrogens (primary N) is 1. The van der Waals surface area contributed by atoms with Crippen LogP contribution in [0.1, 0.15) is 11.7 Å². The molecule has 7 heteroatoms. The van der Waals surface area contributed by atoms with E-state index in [1.165, 1.54) is 12.5 Å². The standard InChI is InChI=1S/C9H15F2N3O2/c10-9(11)5-16-2-1-14-6-13-3-8(14)7(12)4-15/h3,6-7,9,15H,1-2,4-5,12H2. The predicted octanol–water partition coefficient (Wildman–Crippen LogP) is 0.157. The van der Waals surface area contributed by atoms with Gasteiger partial charge in [-0.2, -0.15) is 0 Å². The largest absolute Gasteiger partial charge is 0.394 e. The van der Waals surface area contributed by atoms with Crippen molar-refractivity contribution in [1.29, 1.82) is 0 Å². The van der Waals surface area contributed by atoms with Crippen molar-refractivity contribution in [3.8, 4) is 0 Å². The third kappa shape index (κ3) is 3.84. The quantitative estimate of drug-likeness (QED) is 0.660. The highest BCUT2D eigenvalue weighted by Crippen LogP contribution is 2.08.